The lowest BCUT2D eigenvalue weighted by Gasteiger charge is -2.38. The first-order valence-corrected chi connectivity index (χ1v) is 8.41. The number of aromatic nitrogens is 2. The van der Waals surface area contributed by atoms with Gasteiger partial charge in [0, 0.05) is 48.5 Å². The predicted octanol–water partition coefficient (Wildman–Crippen LogP) is 2.80. The number of carbonyl (C=O) groups is 1. The summed E-state index contributed by atoms with van der Waals surface area (Å²) in [4.78, 5) is 23.2. The number of pyridine rings is 1. The lowest BCUT2D eigenvalue weighted by atomic mass is 10.1. The Bertz CT molecular complexity index is 653. The smallest absolute Gasteiger partial charge is 0.228 e. The maximum absolute atomic E-state index is 12.5. The number of hydrogen-bond donors (Lipinski definition) is 1. The van der Waals surface area contributed by atoms with E-state index in [4.69, 9.17) is 0 Å². The first-order valence-electron chi connectivity index (χ1n) is 7.53. The molecule has 2 unspecified atom stereocenters. The van der Waals surface area contributed by atoms with Crippen molar-refractivity contribution >= 4 is 42.1 Å². The lowest BCUT2D eigenvalue weighted by Crippen LogP contribution is -2.57. The highest BCUT2D eigenvalue weighted by Crippen LogP contribution is 2.23. The highest BCUT2D eigenvalue weighted by Gasteiger charge is 2.28. The normalized spacial score (nSPS) is 20.0. The summed E-state index contributed by atoms with van der Waals surface area (Å²) < 4.78 is 0. The zero-order valence-corrected chi connectivity index (χ0v) is 16.1. The molecule has 2 atom stereocenters. The Labute approximate surface area is 158 Å². The zero-order valence-electron chi connectivity index (χ0n) is 13.6. The van der Waals surface area contributed by atoms with Gasteiger partial charge < -0.3 is 10.2 Å². The van der Waals surface area contributed by atoms with Gasteiger partial charge >= 0.3 is 0 Å². The van der Waals surface area contributed by atoms with E-state index >= 15 is 0 Å². The molecular weight excluding hydrogens is 367 g/mol. The number of thiazole rings is 1. The molecule has 8 heteroatoms. The molecule has 3 heterocycles. The van der Waals surface area contributed by atoms with Gasteiger partial charge in [0.2, 0.25) is 5.91 Å². The third-order valence-electron chi connectivity index (χ3n) is 4.15. The van der Waals surface area contributed by atoms with Crippen molar-refractivity contribution in [2.24, 2.45) is 0 Å². The van der Waals surface area contributed by atoms with Crippen LogP contribution in [-0.4, -0.2) is 45.9 Å². The van der Waals surface area contributed by atoms with Gasteiger partial charge in [-0.3, -0.25) is 9.78 Å². The van der Waals surface area contributed by atoms with Crippen molar-refractivity contribution in [2.45, 2.75) is 32.4 Å². The summed E-state index contributed by atoms with van der Waals surface area (Å²) in [5, 5.41) is 6.27. The summed E-state index contributed by atoms with van der Waals surface area (Å²) in [6.45, 7) is 5.84. The summed E-state index contributed by atoms with van der Waals surface area (Å²) in [5.41, 5.74) is 1.84. The van der Waals surface area contributed by atoms with Crippen LogP contribution in [-0.2, 0) is 11.2 Å². The van der Waals surface area contributed by atoms with Gasteiger partial charge in [0.15, 0.2) is 0 Å². The lowest BCUT2D eigenvalue weighted by molar-refractivity contribution is -0.134. The van der Waals surface area contributed by atoms with E-state index in [1.165, 1.54) is 0 Å². The second-order valence-electron chi connectivity index (χ2n) is 5.63. The van der Waals surface area contributed by atoms with Crippen molar-refractivity contribution in [2.75, 3.05) is 13.1 Å². The van der Waals surface area contributed by atoms with E-state index in [-0.39, 0.29) is 36.8 Å². The highest BCUT2D eigenvalue weighted by atomic mass is 35.5. The summed E-state index contributed by atoms with van der Waals surface area (Å²) in [7, 11) is 0. The number of rotatable bonds is 3. The van der Waals surface area contributed by atoms with E-state index in [1.54, 1.807) is 23.7 Å². The number of halogens is 2. The molecule has 1 aliphatic heterocycles. The molecule has 0 aromatic carbocycles. The molecule has 0 aliphatic carbocycles. The maximum atomic E-state index is 12.5. The molecule has 0 spiro atoms. The van der Waals surface area contributed by atoms with Crippen LogP contribution in [0, 0.1) is 0 Å². The first kappa shape index (κ1) is 20.8. The van der Waals surface area contributed by atoms with E-state index in [1.807, 2.05) is 22.4 Å². The maximum Gasteiger partial charge on any atom is 0.228 e. The molecule has 3 rings (SSSR count). The van der Waals surface area contributed by atoms with Crippen LogP contribution in [0.4, 0.5) is 0 Å². The number of piperazine rings is 1. The number of nitrogens with one attached hydrogen (secondary N) is 1. The van der Waals surface area contributed by atoms with E-state index in [0.29, 0.717) is 12.5 Å². The zero-order chi connectivity index (χ0) is 15.5. The first-order chi connectivity index (χ1) is 10.6. The van der Waals surface area contributed by atoms with Gasteiger partial charge in [-0.15, -0.1) is 36.2 Å². The molecule has 2 aromatic rings. The Morgan fingerprint density at radius 3 is 2.92 bits per heavy atom. The van der Waals surface area contributed by atoms with Crippen molar-refractivity contribution < 1.29 is 4.79 Å². The molecule has 1 saturated heterocycles. The summed E-state index contributed by atoms with van der Waals surface area (Å²) in [6.07, 6.45) is 3.91. The van der Waals surface area contributed by atoms with Crippen molar-refractivity contribution in [3.63, 3.8) is 0 Å². The fraction of sp³-hybridized carbons (Fsp3) is 0.438. The second kappa shape index (κ2) is 9.32. The third-order valence-corrected chi connectivity index (χ3v) is 5.09. The summed E-state index contributed by atoms with van der Waals surface area (Å²) in [5.74, 6) is 0.156. The third kappa shape index (κ3) is 4.66. The molecule has 2 aromatic heterocycles. The van der Waals surface area contributed by atoms with Gasteiger partial charge in [-0.2, -0.15) is 0 Å². The van der Waals surface area contributed by atoms with Crippen LogP contribution in [0.5, 0.6) is 0 Å². The van der Waals surface area contributed by atoms with Crippen LogP contribution in [0.15, 0.2) is 29.9 Å². The van der Waals surface area contributed by atoms with Gasteiger partial charge in [0.25, 0.3) is 0 Å². The van der Waals surface area contributed by atoms with Crippen LogP contribution in [0.1, 0.15) is 19.5 Å². The standard InChI is InChI=1S/C16H20N4OS.2ClH/c1-11-12(2)20(7-6-18-11)15(21)8-14-10-22-16(19-14)13-4-3-5-17-9-13;;/h3-5,9-12,18H,6-8H2,1-2H3;2*1H. The fourth-order valence-electron chi connectivity index (χ4n) is 2.68. The SMILES string of the molecule is CC1NCCN(C(=O)Cc2csc(-c3cccnc3)n2)C1C.Cl.Cl. The molecule has 0 bridgehead atoms. The number of nitrogens with zero attached hydrogens (tertiary/aromatic N) is 3. The molecule has 24 heavy (non-hydrogen) atoms. The van der Waals surface area contributed by atoms with Gasteiger partial charge in [0.05, 0.1) is 12.1 Å². The molecule has 5 nitrogen and oxygen atoms in total. The van der Waals surface area contributed by atoms with Crippen molar-refractivity contribution in [1.29, 1.82) is 0 Å². The van der Waals surface area contributed by atoms with E-state index < -0.39 is 0 Å². The van der Waals surface area contributed by atoms with Gasteiger partial charge in [0.1, 0.15) is 5.01 Å². The Morgan fingerprint density at radius 1 is 1.42 bits per heavy atom. The van der Waals surface area contributed by atoms with E-state index in [9.17, 15) is 4.79 Å². The minimum Gasteiger partial charge on any atom is -0.337 e. The Balaban J connectivity index is 0.00000144. The van der Waals surface area contributed by atoms with E-state index in [0.717, 1.165) is 29.4 Å². The van der Waals surface area contributed by atoms with Crippen molar-refractivity contribution in [3.05, 3.63) is 35.6 Å². The quantitative estimate of drug-likeness (QED) is 0.877. The number of amides is 1. The second-order valence-corrected chi connectivity index (χ2v) is 6.49. The molecule has 0 radical (unpaired) electrons. The Morgan fingerprint density at radius 2 is 2.21 bits per heavy atom. The van der Waals surface area contributed by atoms with Crippen LogP contribution in [0.3, 0.4) is 0 Å². The molecular formula is C16H22Cl2N4OS. The molecule has 1 amide bonds. The van der Waals surface area contributed by atoms with Crippen molar-refractivity contribution in [3.8, 4) is 10.6 Å². The van der Waals surface area contributed by atoms with Crippen molar-refractivity contribution in [1.82, 2.24) is 20.2 Å². The average molecular weight is 389 g/mol. The molecule has 1 aliphatic rings. The highest BCUT2D eigenvalue weighted by molar-refractivity contribution is 7.13. The largest absolute Gasteiger partial charge is 0.337 e. The summed E-state index contributed by atoms with van der Waals surface area (Å²) >= 11 is 1.56. The predicted molar refractivity (Wildman–Crippen MR) is 102 cm³/mol. The minimum atomic E-state index is 0. The topological polar surface area (TPSA) is 58.1 Å². The number of carbonyl (C=O) groups excluding carboxylic acids is 1. The van der Waals surface area contributed by atoms with Gasteiger partial charge in [-0.1, -0.05) is 0 Å². The van der Waals surface area contributed by atoms with Crippen LogP contribution < -0.4 is 5.32 Å². The Kier molecular flexibility index (Phi) is 8.09. The molecule has 0 saturated carbocycles. The van der Waals surface area contributed by atoms with Crippen LogP contribution >= 0.6 is 36.2 Å². The average Bonchev–Trinajstić information content (AvgIpc) is 2.99. The molecule has 132 valence electrons. The number of hydrogen-bond acceptors (Lipinski definition) is 5. The van der Waals surface area contributed by atoms with Crippen LogP contribution in [0.25, 0.3) is 10.6 Å². The van der Waals surface area contributed by atoms with Crippen LogP contribution in [0.2, 0.25) is 0 Å². The van der Waals surface area contributed by atoms with Gasteiger partial charge in [-0.05, 0) is 26.0 Å². The monoisotopic (exact) mass is 388 g/mol. The minimum absolute atomic E-state index is 0. The van der Waals surface area contributed by atoms with E-state index in [2.05, 4.69) is 29.1 Å². The molecule has 1 N–H and O–H groups in total. The molecule has 1 fully saturated rings. The summed E-state index contributed by atoms with van der Waals surface area (Å²) in [6, 6.07) is 4.43. The van der Waals surface area contributed by atoms with Gasteiger partial charge in [-0.25, -0.2) is 4.98 Å². The fourth-order valence-corrected chi connectivity index (χ4v) is 3.49. The Hall–Kier alpha value is -1.21.